The third kappa shape index (κ3) is 4.99. The van der Waals surface area contributed by atoms with Crippen molar-refractivity contribution in [2.75, 3.05) is 36.4 Å². The van der Waals surface area contributed by atoms with E-state index in [1.165, 1.54) is 12.8 Å². The predicted octanol–water partition coefficient (Wildman–Crippen LogP) is 6.13. The molecular weight excluding hydrogens is 393 g/mol. The number of nitrogens with zero attached hydrogens (tertiary/aromatic N) is 2. The van der Waals surface area contributed by atoms with E-state index in [1.54, 1.807) is 11.0 Å². The zero-order valence-corrected chi connectivity index (χ0v) is 18.0. The summed E-state index contributed by atoms with van der Waals surface area (Å²) in [6, 6.07) is 11.1. The Morgan fingerprint density at radius 1 is 1.04 bits per heavy atom. The quantitative estimate of drug-likeness (QED) is 0.610. The molecule has 1 saturated heterocycles. The first-order valence-corrected chi connectivity index (χ1v) is 10.5. The first-order valence-electron chi connectivity index (χ1n) is 9.78. The lowest BCUT2D eigenvalue weighted by Gasteiger charge is -2.27. The summed E-state index contributed by atoms with van der Waals surface area (Å²) >= 11 is 12.8. The van der Waals surface area contributed by atoms with Crippen LogP contribution in [0.15, 0.2) is 36.4 Å². The summed E-state index contributed by atoms with van der Waals surface area (Å²) in [5.74, 6) is 0. The number of likely N-dealkylation sites (tertiary alicyclic amines) is 1. The summed E-state index contributed by atoms with van der Waals surface area (Å²) in [7, 11) is 0. The molecule has 28 heavy (non-hydrogen) atoms. The first-order chi connectivity index (χ1) is 13.5. The molecule has 1 aliphatic rings. The first kappa shape index (κ1) is 21.0. The van der Waals surface area contributed by atoms with Crippen molar-refractivity contribution in [2.24, 2.45) is 0 Å². The van der Waals surface area contributed by atoms with Gasteiger partial charge in [0.25, 0.3) is 0 Å². The van der Waals surface area contributed by atoms with Gasteiger partial charge in [-0.05, 0) is 76.0 Å². The molecule has 3 rings (SSSR count). The lowest BCUT2D eigenvalue weighted by molar-refractivity contribution is 0.256. The smallest absolute Gasteiger partial charge is 0.306 e. The second-order valence-corrected chi connectivity index (χ2v) is 8.14. The fourth-order valence-corrected chi connectivity index (χ4v) is 4.30. The number of hydrogen-bond donors (Lipinski definition) is 1. The summed E-state index contributed by atoms with van der Waals surface area (Å²) in [4.78, 5) is 17.4. The predicted molar refractivity (Wildman–Crippen MR) is 119 cm³/mol. The Hall–Kier alpha value is -1.75. The number of anilines is 2. The molecule has 4 nitrogen and oxygen atoms in total. The fraction of sp³-hybridized carbons (Fsp3) is 0.409. The molecule has 1 N–H and O–H groups in total. The number of carbonyl (C=O) groups excluding carboxylic acids is 1. The fourth-order valence-electron chi connectivity index (χ4n) is 3.70. The maximum Gasteiger partial charge on any atom is 0.326 e. The van der Waals surface area contributed by atoms with Crippen molar-refractivity contribution in [1.29, 1.82) is 0 Å². The SMILES string of the molecule is Cc1cccc(Cl)c1NC(=O)N(CCCN1CCCC1)c1c(C)cccc1Cl. The van der Waals surface area contributed by atoms with Crippen LogP contribution < -0.4 is 10.2 Å². The monoisotopic (exact) mass is 419 g/mol. The van der Waals surface area contributed by atoms with E-state index in [9.17, 15) is 4.79 Å². The van der Waals surface area contributed by atoms with Gasteiger partial charge in [0.2, 0.25) is 0 Å². The number of urea groups is 1. The minimum absolute atomic E-state index is 0.214. The highest BCUT2D eigenvalue weighted by Gasteiger charge is 2.22. The van der Waals surface area contributed by atoms with Crippen molar-refractivity contribution in [3.05, 3.63) is 57.6 Å². The van der Waals surface area contributed by atoms with Crippen LogP contribution in [0.5, 0.6) is 0 Å². The third-order valence-corrected chi connectivity index (χ3v) is 5.83. The Kier molecular flexibility index (Phi) is 7.22. The molecule has 1 heterocycles. The van der Waals surface area contributed by atoms with Gasteiger partial charge in [-0.3, -0.25) is 4.90 Å². The van der Waals surface area contributed by atoms with E-state index in [0.717, 1.165) is 42.9 Å². The number of amides is 2. The van der Waals surface area contributed by atoms with Crippen LogP contribution in [-0.4, -0.2) is 37.1 Å². The van der Waals surface area contributed by atoms with Crippen LogP contribution in [-0.2, 0) is 0 Å². The molecule has 1 fully saturated rings. The van der Waals surface area contributed by atoms with Gasteiger partial charge in [0.15, 0.2) is 0 Å². The molecule has 0 unspecified atom stereocenters. The van der Waals surface area contributed by atoms with Crippen LogP contribution in [0.3, 0.4) is 0 Å². The molecule has 2 amide bonds. The standard InChI is InChI=1S/C22H27Cl2N3O/c1-16-8-5-10-18(23)20(16)25-22(28)27(15-7-14-26-12-3-4-13-26)21-17(2)9-6-11-19(21)24/h5-6,8-11H,3-4,7,12-15H2,1-2H3,(H,25,28). The zero-order chi connectivity index (χ0) is 20.1. The van der Waals surface area contributed by atoms with Crippen molar-refractivity contribution in [1.82, 2.24) is 4.90 Å². The highest BCUT2D eigenvalue weighted by atomic mass is 35.5. The third-order valence-electron chi connectivity index (χ3n) is 5.21. The van der Waals surface area contributed by atoms with Crippen molar-refractivity contribution in [2.45, 2.75) is 33.1 Å². The minimum Gasteiger partial charge on any atom is -0.306 e. The van der Waals surface area contributed by atoms with Crippen molar-refractivity contribution >= 4 is 40.6 Å². The van der Waals surface area contributed by atoms with E-state index in [1.807, 2.05) is 44.2 Å². The lowest BCUT2D eigenvalue weighted by atomic mass is 10.1. The van der Waals surface area contributed by atoms with Crippen LogP contribution in [0.1, 0.15) is 30.4 Å². The molecular formula is C22H27Cl2N3O. The van der Waals surface area contributed by atoms with Crippen molar-refractivity contribution in [3.63, 3.8) is 0 Å². The molecule has 150 valence electrons. The molecule has 2 aromatic rings. The molecule has 1 aliphatic heterocycles. The van der Waals surface area contributed by atoms with E-state index in [-0.39, 0.29) is 6.03 Å². The molecule has 0 aliphatic carbocycles. The van der Waals surface area contributed by atoms with Gasteiger partial charge in [0.05, 0.1) is 21.4 Å². The largest absolute Gasteiger partial charge is 0.326 e. The van der Waals surface area contributed by atoms with Crippen molar-refractivity contribution < 1.29 is 4.79 Å². The Morgan fingerprint density at radius 3 is 2.32 bits per heavy atom. The van der Waals surface area contributed by atoms with E-state index < -0.39 is 0 Å². The number of para-hydroxylation sites is 2. The van der Waals surface area contributed by atoms with E-state index in [0.29, 0.717) is 22.3 Å². The number of rotatable bonds is 6. The number of carbonyl (C=O) groups is 1. The van der Waals surface area contributed by atoms with Gasteiger partial charge in [0.1, 0.15) is 0 Å². The highest BCUT2D eigenvalue weighted by molar-refractivity contribution is 6.35. The second-order valence-electron chi connectivity index (χ2n) is 7.32. The Balaban J connectivity index is 1.81. The Morgan fingerprint density at radius 2 is 1.68 bits per heavy atom. The molecule has 6 heteroatoms. The average molecular weight is 420 g/mol. The number of halogens is 2. The number of nitrogens with one attached hydrogen (secondary N) is 1. The number of aryl methyl sites for hydroxylation is 2. The molecule has 0 bridgehead atoms. The average Bonchev–Trinajstić information content (AvgIpc) is 3.16. The van der Waals surface area contributed by atoms with Crippen LogP contribution in [0.2, 0.25) is 10.0 Å². The molecule has 0 spiro atoms. The zero-order valence-electron chi connectivity index (χ0n) is 16.5. The molecule has 0 atom stereocenters. The Bertz CT molecular complexity index is 794. The van der Waals surface area contributed by atoms with Crippen molar-refractivity contribution in [3.8, 4) is 0 Å². The van der Waals surface area contributed by atoms with Gasteiger partial charge >= 0.3 is 6.03 Å². The molecule has 0 aromatic heterocycles. The van der Waals surface area contributed by atoms with Gasteiger partial charge in [-0.25, -0.2) is 4.79 Å². The van der Waals surface area contributed by atoms with Crippen LogP contribution in [0.4, 0.5) is 16.2 Å². The maximum absolute atomic E-state index is 13.2. The van der Waals surface area contributed by atoms with Gasteiger partial charge < -0.3 is 10.2 Å². The molecule has 0 saturated carbocycles. The van der Waals surface area contributed by atoms with E-state index in [4.69, 9.17) is 23.2 Å². The molecule has 0 radical (unpaired) electrons. The number of hydrogen-bond acceptors (Lipinski definition) is 2. The summed E-state index contributed by atoms with van der Waals surface area (Å²) in [5.41, 5.74) is 3.30. The Labute approximate surface area is 177 Å². The summed E-state index contributed by atoms with van der Waals surface area (Å²) in [5, 5.41) is 4.10. The number of benzene rings is 2. The van der Waals surface area contributed by atoms with Crippen LogP contribution in [0.25, 0.3) is 0 Å². The molecule has 2 aromatic carbocycles. The summed E-state index contributed by atoms with van der Waals surface area (Å²) < 4.78 is 0. The van der Waals surface area contributed by atoms with Gasteiger partial charge in [-0.15, -0.1) is 0 Å². The maximum atomic E-state index is 13.2. The van der Waals surface area contributed by atoms with Gasteiger partial charge in [0, 0.05) is 6.54 Å². The normalized spacial score (nSPS) is 14.3. The van der Waals surface area contributed by atoms with E-state index in [2.05, 4.69) is 10.2 Å². The summed E-state index contributed by atoms with van der Waals surface area (Å²) in [6.07, 6.45) is 3.42. The lowest BCUT2D eigenvalue weighted by Crippen LogP contribution is -2.38. The van der Waals surface area contributed by atoms with Crippen LogP contribution >= 0.6 is 23.2 Å². The topological polar surface area (TPSA) is 35.6 Å². The van der Waals surface area contributed by atoms with Crippen LogP contribution in [0, 0.1) is 13.8 Å². The summed E-state index contributed by atoms with van der Waals surface area (Å²) in [6.45, 7) is 7.78. The minimum atomic E-state index is -0.214. The van der Waals surface area contributed by atoms with Gasteiger partial charge in [-0.1, -0.05) is 47.5 Å². The highest BCUT2D eigenvalue weighted by Crippen LogP contribution is 2.32. The van der Waals surface area contributed by atoms with Gasteiger partial charge in [-0.2, -0.15) is 0 Å². The second kappa shape index (κ2) is 9.64. The van der Waals surface area contributed by atoms with E-state index >= 15 is 0 Å².